The number of carbonyl (C=O) groups excluding carboxylic acids is 2. The summed E-state index contributed by atoms with van der Waals surface area (Å²) in [5.41, 5.74) is 4.17. The molecule has 0 radical (unpaired) electrons. The number of nitrogens with one attached hydrogen (secondary N) is 2. The first-order valence-corrected chi connectivity index (χ1v) is 17.0. The molecule has 2 amide bonds. The lowest BCUT2D eigenvalue weighted by Gasteiger charge is -2.33. The monoisotopic (exact) mass is 593 g/mol. The Balaban J connectivity index is 1.57. The summed E-state index contributed by atoms with van der Waals surface area (Å²) in [6.07, 6.45) is 12.7. The Hall–Kier alpha value is -2.84. The van der Waals surface area contributed by atoms with E-state index in [4.69, 9.17) is 0 Å². The maximum absolute atomic E-state index is 13.7. The van der Waals surface area contributed by atoms with Crippen molar-refractivity contribution in [2.75, 3.05) is 25.1 Å². The van der Waals surface area contributed by atoms with Crippen LogP contribution < -0.4 is 10.6 Å². The molecule has 0 bridgehead atoms. The third-order valence-electron chi connectivity index (χ3n) is 8.79. The van der Waals surface area contributed by atoms with Gasteiger partial charge in [0.2, 0.25) is 5.91 Å². The van der Waals surface area contributed by atoms with Gasteiger partial charge in [0.25, 0.3) is 5.91 Å². The fourth-order valence-electron chi connectivity index (χ4n) is 6.33. The van der Waals surface area contributed by atoms with Gasteiger partial charge in [0.15, 0.2) is 0 Å². The molecule has 1 saturated heterocycles. The highest BCUT2D eigenvalue weighted by Gasteiger charge is 2.29. The van der Waals surface area contributed by atoms with Crippen molar-refractivity contribution in [3.63, 3.8) is 0 Å². The van der Waals surface area contributed by atoms with Gasteiger partial charge in [0.05, 0.1) is 6.04 Å². The smallest absolute Gasteiger partial charge is 0.326 e. The minimum Gasteiger partial charge on any atom is -0.480 e. The van der Waals surface area contributed by atoms with Crippen LogP contribution in [0.2, 0.25) is 0 Å². The van der Waals surface area contributed by atoms with Crippen molar-refractivity contribution in [1.82, 2.24) is 15.5 Å². The molecule has 8 heteroatoms. The van der Waals surface area contributed by atoms with Crippen molar-refractivity contribution in [1.29, 1.82) is 0 Å². The van der Waals surface area contributed by atoms with Gasteiger partial charge in [-0.15, -0.1) is 0 Å². The Morgan fingerprint density at radius 1 is 0.952 bits per heavy atom. The highest BCUT2D eigenvalue weighted by atomic mass is 32.2. The number of aryl methyl sites for hydroxylation is 1. The zero-order chi connectivity index (χ0) is 29.9. The number of hydrogen-bond donors (Lipinski definition) is 3. The van der Waals surface area contributed by atoms with E-state index in [9.17, 15) is 19.5 Å². The molecular formula is C34H47N3O4S. The number of thioether (sulfide) groups is 1. The normalized spacial score (nSPS) is 17.4. The molecule has 1 aliphatic carbocycles. The topological polar surface area (TPSA) is 98.7 Å². The summed E-state index contributed by atoms with van der Waals surface area (Å²) in [5.74, 6) is 0.0204. The van der Waals surface area contributed by atoms with Gasteiger partial charge in [-0.3, -0.25) is 9.59 Å². The standard InChI is InChI=1S/C34H47N3O4S/c1-24-11-7-8-14-27(24)29-21-26(15-16-28(29)32(38)36-30(34(40)41)17-20-42-2)23-35-31(22-25-12-5-3-6-13-25)33(39)37-18-9-4-10-19-37/h7-8,11,14-16,21,25,30-31,35H,3-6,9-10,12-13,17-20,22-23H2,1-2H3,(H,36,38)(H,40,41). The maximum Gasteiger partial charge on any atom is 0.326 e. The Morgan fingerprint density at radius 2 is 1.67 bits per heavy atom. The lowest BCUT2D eigenvalue weighted by molar-refractivity contribution is -0.139. The second kappa shape index (κ2) is 16.1. The van der Waals surface area contributed by atoms with Crippen molar-refractivity contribution in [2.24, 2.45) is 5.92 Å². The summed E-state index contributed by atoms with van der Waals surface area (Å²) in [6.45, 7) is 4.22. The van der Waals surface area contributed by atoms with Gasteiger partial charge in [0, 0.05) is 25.2 Å². The summed E-state index contributed by atoms with van der Waals surface area (Å²) in [5, 5.41) is 16.1. The number of carboxylic acids is 1. The number of hydrogen-bond acceptors (Lipinski definition) is 5. The first-order chi connectivity index (χ1) is 20.4. The summed E-state index contributed by atoms with van der Waals surface area (Å²) >= 11 is 1.55. The van der Waals surface area contributed by atoms with Gasteiger partial charge < -0.3 is 20.6 Å². The molecule has 2 aromatic carbocycles. The molecule has 2 unspecified atom stereocenters. The SMILES string of the molecule is CSCCC(NC(=O)c1ccc(CNC(CC2CCCCC2)C(=O)N2CCCCC2)cc1-c1ccccc1C)C(=O)O. The van der Waals surface area contributed by atoms with E-state index in [2.05, 4.69) is 10.6 Å². The summed E-state index contributed by atoms with van der Waals surface area (Å²) in [7, 11) is 0. The van der Waals surface area contributed by atoms with Crippen LogP contribution in [0, 0.1) is 12.8 Å². The van der Waals surface area contributed by atoms with E-state index in [0.717, 1.165) is 54.6 Å². The number of carboxylic acid groups (broad SMARTS) is 1. The van der Waals surface area contributed by atoms with Crippen LogP contribution in [0.5, 0.6) is 0 Å². The van der Waals surface area contributed by atoms with Gasteiger partial charge in [-0.25, -0.2) is 4.79 Å². The number of likely N-dealkylation sites (tertiary alicyclic amines) is 1. The molecule has 7 nitrogen and oxygen atoms in total. The Labute approximate surface area is 255 Å². The third-order valence-corrected chi connectivity index (χ3v) is 9.43. The predicted octanol–water partition coefficient (Wildman–Crippen LogP) is 6.04. The molecule has 4 rings (SSSR count). The molecule has 2 fully saturated rings. The average molecular weight is 594 g/mol. The largest absolute Gasteiger partial charge is 0.480 e. The molecular weight excluding hydrogens is 546 g/mol. The van der Waals surface area contributed by atoms with Crippen LogP contribution in [-0.2, 0) is 16.1 Å². The van der Waals surface area contributed by atoms with Gasteiger partial charge in [-0.1, -0.05) is 62.4 Å². The summed E-state index contributed by atoms with van der Waals surface area (Å²) in [6, 6.07) is 12.5. The fraction of sp³-hybridized carbons (Fsp3) is 0.559. The molecule has 42 heavy (non-hydrogen) atoms. The van der Waals surface area contributed by atoms with Crippen LogP contribution in [0.4, 0.5) is 0 Å². The van der Waals surface area contributed by atoms with E-state index in [1.54, 1.807) is 17.8 Å². The minimum atomic E-state index is -1.03. The molecule has 1 heterocycles. The number of benzene rings is 2. The van der Waals surface area contributed by atoms with Crippen molar-refractivity contribution in [3.05, 3.63) is 59.2 Å². The van der Waals surface area contributed by atoms with E-state index < -0.39 is 17.9 Å². The van der Waals surface area contributed by atoms with Crippen LogP contribution in [0.3, 0.4) is 0 Å². The van der Waals surface area contributed by atoms with Crippen LogP contribution in [-0.4, -0.2) is 65.0 Å². The number of nitrogens with zero attached hydrogens (tertiary/aromatic N) is 1. The predicted molar refractivity (Wildman–Crippen MR) is 171 cm³/mol. The zero-order valence-corrected chi connectivity index (χ0v) is 26.0. The minimum absolute atomic E-state index is 0.219. The van der Waals surface area contributed by atoms with E-state index in [-0.39, 0.29) is 11.9 Å². The van der Waals surface area contributed by atoms with E-state index in [0.29, 0.717) is 30.2 Å². The van der Waals surface area contributed by atoms with Gasteiger partial charge >= 0.3 is 5.97 Å². The molecule has 3 N–H and O–H groups in total. The van der Waals surface area contributed by atoms with Crippen molar-refractivity contribution in [3.8, 4) is 11.1 Å². The first kappa shape index (κ1) is 32.1. The molecule has 0 aromatic heterocycles. The van der Waals surface area contributed by atoms with Gasteiger partial charge in [-0.2, -0.15) is 11.8 Å². The average Bonchev–Trinajstić information content (AvgIpc) is 3.01. The van der Waals surface area contributed by atoms with Crippen LogP contribution in [0.25, 0.3) is 11.1 Å². The lowest BCUT2D eigenvalue weighted by Crippen LogP contribution is -2.49. The van der Waals surface area contributed by atoms with Gasteiger partial charge in [-0.05, 0) is 91.3 Å². The summed E-state index contributed by atoms with van der Waals surface area (Å²) < 4.78 is 0. The van der Waals surface area contributed by atoms with Crippen molar-refractivity contribution in [2.45, 2.75) is 89.8 Å². The number of rotatable bonds is 13. The second-order valence-corrected chi connectivity index (χ2v) is 12.9. The highest BCUT2D eigenvalue weighted by molar-refractivity contribution is 7.98. The number of aliphatic carboxylic acids is 1. The molecule has 2 aromatic rings. The van der Waals surface area contributed by atoms with E-state index in [1.165, 1.54) is 38.5 Å². The van der Waals surface area contributed by atoms with Crippen LogP contribution in [0.15, 0.2) is 42.5 Å². The van der Waals surface area contributed by atoms with E-state index in [1.807, 2.05) is 54.5 Å². The second-order valence-electron chi connectivity index (χ2n) is 11.9. The lowest BCUT2D eigenvalue weighted by atomic mass is 9.84. The third kappa shape index (κ3) is 8.83. The first-order valence-electron chi connectivity index (χ1n) is 15.6. The Kier molecular flexibility index (Phi) is 12.3. The molecule has 228 valence electrons. The van der Waals surface area contributed by atoms with E-state index >= 15 is 0 Å². The van der Waals surface area contributed by atoms with Gasteiger partial charge in [0.1, 0.15) is 6.04 Å². The number of piperidine rings is 1. The fourth-order valence-corrected chi connectivity index (χ4v) is 6.80. The molecule has 2 atom stereocenters. The van der Waals surface area contributed by atoms with Crippen LogP contribution >= 0.6 is 11.8 Å². The van der Waals surface area contributed by atoms with Crippen molar-refractivity contribution >= 4 is 29.5 Å². The zero-order valence-electron chi connectivity index (χ0n) is 25.2. The molecule has 1 saturated carbocycles. The number of amides is 2. The van der Waals surface area contributed by atoms with Crippen molar-refractivity contribution < 1.29 is 19.5 Å². The molecule has 0 spiro atoms. The van der Waals surface area contributed by atoms with Crippen LogP contribution in [0.1, 0.15) is 85.7 Å². The number of carbonyl (C=O) groups is 3. The Morgan fingerprint density at radius 3 is 2.36 bits per heavy atom. The Bertz CT molecular complexity index is 1210. The highest BCUT2D eigenvalue weighted by Crippen LogP contribution is 2.30. The molecule has 1 aliphatic heterocycles. The quantitative estimate of drug-likeness (QED) is 0.262. The maximum atomic E-state index is 13.7. The molecule has 2 aliphatic rings. The summed E-state index contributed by atoms with van der Waals surface area (Å²) in [4.78, 5) is 41.0.